The normalized spacial score (nSPS) is 16.7. The summed E-state index contributed by atoms with van der Waals surface area (Å²) in [5, 5.41) is 3.42. The van der Waals surface area contributed by atoms with Crippen molar-refractivity contribution in [2.24, 2.45) is 0 Å². The Morgan fingerprint density at radius 3 is 2.72 bits per heavy atom. The summed E-state index contributed by atoms with van der Waals surface area (Å²) < 4.78 is 26.3. The van der Waals surface area contributed by atoms with Gasteiger partial charge in [0.2, 0.25) is 0 Å². The van der Waals surface area contributed by atoms with E-state index in [0.717, 1.165) is 37.8 Å². The largest absolute Gasteiger partial charge is 0.307 e. The fraction of sp³-hybridized carbons (Fsp3) is 0.467. The Bertz CT molecular complexity index is 440. The summed E-state index contributed by atoms with van der Waals surface area (Å²) in [7, 11) is 0. The molecule has 0 saturated heterocycles. The first kappa shape index (κ1) is 13.2. The third-order valence-electron chi connectivity index (χ3n) is 3.32. The van der Waals surface area contributed by atoms with Crippen molar-refractivity contribution in [3.8, 4) is 0 Å². The molecule has 1 aromatic rings. The number of benzene rings is 1. The summed E-state index contributed by atoms with van der Waals surface area (Å²) in [6.07, 6.45) is 6.52. The van der Waals surface area contributed by atoms with Gasteiger partial charge in [-0.1, -0.05) is 24.6 Å². The first-order chi connectivity index (χ1) is 8.72. The molecule has 0 aromatic heterocycles. The van der Waals surface area contributed by atoms with E-state index in [9.17, 15) is 8.78 Å². The predicted octanol–water partition coefficient (Wildman–Crippen LogP) is 4.12. The van der Waals surface area contributed by atoms with Gasteiger partial charge in [-0.05, 0) is 49.9 Å². The van der Waals surface area contributed by atoms with Crippen LogP contribution in [0, 0.1) is 11.6 Å². The summed E-state index contributed by atoms with van der Waals surface area (Å²) in [5.41, 5.74) is 2.12. The zero-order valence-electron chi connectivity index (χ0n) is 10.7. The molecule has 0 radical (unpaired) electrons. The van der Waals surface area contributed by atoms with E-state index in [2.05, 4.69) is 18.3 Å². The summed E-state index contributed by atoms with van der Waals surface area (Å²) in [6, 6.07) is 4.22. The molecule has 1 unspecified atom stereocenters. The van der Waals surface area contributed by atoms with Gasteiger partial charge in [-0.25, -0.2) is 8.78 Å². The molecule has 2 rings (SSSR count). The van der Waals surface area contributed by atoms with Crippen LogP contribution in [0.2, 0.25) is 0 Å². The standard InChI is InChI=1S/C15H19F2N/c1-2-9-18-15(11-5-3-4-6-11)12-7-8-13(16)14(17)10-12/h5,7-8,10,15,18H,2-4,6,9H2,1H3. The van der Waals surface area contributed by atoms with Crippen LogP contribution < -0.4 is 5.32 Å². The second kappa shape index (κ2) is 6.10. The highest BCUT2D eigenvalue weighted by atomic mass is 19.2. The molecule has 0 aliphatic heterocycles. The third-order valence-corrected chi connectivity index (χ3v) is 3.32. The highest BCUT2D eigenvalue weighted by Crippen LogP contribution is 2.31. The van der Waals surface area contributed by atoms with E-state index in [0.29, 0.717) is 0 Å². The molecule has 98 valence electrons. The van der Waals surface area contributed by atoms with E-state index in [1.54, 1.807) is 6.07 Å². The lowest BCUT2D eigenvalue weighted by Crippen LogP contribution is -2.23. The molecule has 0 saturated carbocycles. The number of rotatable bonds is 5. The minimum absolute atomic E-state index is 0.0301. The van der Waals surface area contributed by atoms with Crippen LogP contribution in [0.25, 0.3) is 0 Å². The van der Waals surface area contributed by atoms with E-state index >= 15 is 0 Å². The summed E-state index contributed by atoms with van der Waals surface area (Å²) >= 11 is 0. The molecule has 1 aromatic carbocycles. The zero-order chi connectivity index (χ0) is 13.0. The van der Waals surface area contributed by atoms with Gasteiger partial charge in [-0.2, -0.15) is 0 Å². The molecule has 1 aliphatic carbocycles. The maximum atomic E-state index is 13.3. The lowest BCUT2D eigenvalue weighted by Gasteiger charge is -2.20. The van der Waals surface area contributed by atoms with E-state index in [1.807, 2.05) is 0 Å². The minimum Gasteiger partial charge on any atom is -0.307 e. The highest BCUT2D eigenvalue weighted by molar-refractivity contribution is 5.30. The first-order valence-electron chi connectivity index (χ1n) is 6.59. The molecular weight excluding hydrogens is 232 g/mol. The quantitative estimate of drug-likeness (QED) is 0.776. The fourth-order valence-corrected chi connectivity index (χ4v) is 2.40. The van der Waals surface area contributed by atoms with Crippen molar-refractivity contribution in [2.75, 3.05) is 6.54 Å². The van der Waals surface area contributed by atoms with E-state index in [-0.39, 0.29) is 6.04 Å². The maximum Gasteiger partial charge on any atom is 0.159 e. The number of hydrogen-bond acceptors (Lipinski definition) is 1. The molecule has 18 heavy (non-hydrogen) atoms. The predicted molar refractivity (Wildman–Crippen MR) is 69.3 cm³/mol. The van der Waals surface area contributed by atoms with Crippen molar-refractivity contribution < 1.29 is 8.78 Å². The second-order valence-corrected chi connectivity index (χ2v) is 4.73. The van der Waals surface area contributed by atoms with Crippen LogP contribution in [0.5, 0.6) is 0 Å². The van der Waals surface area contributed by atoms with Gasteiger partial charge in [0.15, 0.2) is 11.6 Å². The Hall–Kier alpha value is -1.22. The van der Waals surface area contributed by atoms with Gasteiger partial charge in [0.05, 0.1) is 6.04 Å². The van der Waals surface area contributed by atoms with Crippen molar-refractivity contribution >= 4 is 0 Å². The van der Waals surface area contributed by atoms with E-state index < -0.39 is 11.6 Å². The van der Waals surface area contributed by atoms with Crippen molar-refractivity contribution in [1.82, 2.24) is 5.32 Å². The van der Waals surface area contributed by atoms with Crippen molar-refractivity contribution in [1.29, 1.82) is 0 Å². The van der Waals surface area contributed by atoms with Crippen LogP contribution in [0.4, 0.5) is 8.78 Å². The van der Waals surface area contributed by atoms with Crippen LogP contribution >= 0.6 is 0 Å². The Morgan fingerprint density at radius 2 is 2.11 bits per heavy atom. The van der Waals surface area contributed by atoms with Gasteiger partial charge in [0.1, 0.15) is 0 Å². The zero-order valence-corrected chi connectivity index (χ0v) is 10.7. The molecule has 0 bridgehead atoms. The van der Waals surface area contributed by atoms with Crippen LogP contribution in [0.3, 0.4) is 0 Å². The van der Waals surface area contributed by atoms with Crippen LogP contribution in [-0.2, 0) is 0 Å². The summed E-state index contributed by atoms with van der Waals surface area (Å²) in [6.45, 7) is 2.97. The molecule has 0 spiro atoms. The van der Waals surface area contributed by atoms with Crippen LogP contribution in [0.15, 0.2) is 29.8 Å². The van der Waals surface area contributed by atoms with Crippen LogP contribution in [-0.4, -0.2) is 6.54 Å². The highest BCUT2D eigenvalue weighted by Gasteiger charge is 2.19. The molecule has 1 aliphatic rings. The molecule has 1 N–H and O–H groups in total. The van der Waals surface area contributed by atoms with E-state index in [1.165, 1.54) is 17.7 Å². The number of hydrogen-bond donors (Lipinski definition) is 1. The topological polar surface area (TPSA) is 12.0 Å². The van der Waals surface area contributed by atoms with Gasteiger partial charge < -0.3 is 5.32 Å². The maximum absolute atomic E-state index is 13.3. The van der Waals surface area contributed by atoms with Gasteiger partial charge >= 0.3 is 0 Å². The number of allylic oxidation sites excluding steroid dienone is 1. The average molecular weight is 251 g/mol. The van der Waals surface area contributed by atoms with Gasteiger partial charge in [0, 0.05) is 0 Å². The molecule has 1 atom stereocenters. The van der Waals surface area contributed by atoms with Gasteiger partial charge in [-0.3, -0.25) is 0 Å². The number of halogens is 2. The Morgan fingerprint density at radius 1 is 1.28 bits per heavy atom. The molecule has 1 nitrogen and oxygen atoms in total. The first-order valence-corrected chi connectivity index (χ1v) is 6.59. The van der Waals surface area contributed by atoms with Gasteiger partial charge in [0.25, 0.3) is 0 Å². The van der Waals surface area contributed by atoms with Crippen molar-refractivity contribution in [3.05, 3.63) is 47.0 Å². The average Bonchev–Trinajstić information content (AvgIpc) is 2.88. The lowest BCUT2D eigenvalue weighted by atomic mass is 9.97. The third kappa shape index (κ3) is 2.96. The molecular formula is C15H19F2N. The molecule has 0 fully saturated rings. The fourth-order valence-electron chi connectivity index (χ4n) is 2.40. The van der Waals surface area contributed by atoms with Gasteiger partial charge in [-0.15, -0.1) is 0 Å². The summed E-state index contributed by atoms with van der Waals surface area (Å²) in [5.74, 6) is -1.55. The molecule has 0 amide bonds. The Labute approximate surface area is 107 Å². The monoisotopic (exact) mass is 251 g/mol. The van der Waals surface area contributed by atoms with Crippen molar-refractivity contribution in [2.45, 2.75) is 38.6 Å². The SMILES string of the molecule is CCCNC(C1=CCCC1)c1ccc(F)c(F)c1. The molecule has 0 heterocycles. The van der Waals surface area contributed by atoms with Crippen LogP contribution in [0.1, 0.15) is 44.2 Å². The van der Waals surface area contributed by atoms with Crippen molar-refractivity contribution in [3.63, 3.8) is 0 Å². The minimum atomic E-state index is -0.784. The Balaban J connectivity index is 2.23. The van der Waals surface area contributed by atoms with E-state index in [4.69, 9.17) is 0 Å². The number of nitrogens with one attached hydrogen (secondary N) is 1. The lowest BCUT2D eigenvalue weighted by molar-refractivity contribution is 0.502. The Kier molecular flexibility index (Phi) is 4.48. The summed E-state index contributed by atoms with van der Waals surface area (Å²) in [4.78, 5) is 0. The molecule has 3 heteroatoms. The second-order valence-electron chi connectivity index (χ2n) is 4.73. The smallest absolute Gasteiger partial charge is 0.159 e.